The van der Waals surface area contributed by atoms with Crippen molar-refractivity contribution in [1.29, 1.82) is 0 Å². The number of nitrogens with zero attached hydrogens (tertiary/aromatic N) is 2. The highest BCUT2D eigenvalue weighted by Gasteiger charge is 2.23. The van der Waals surface area contributed by atoms with Crippen molar-refractivity contribution >= 4 is 15.9 Å². The first-order valence-corrected chi connectivity index (χ1v) is 8.59. The summed E-state index contributed by atoms with van der Waals surface area (Å²) in [7, 11) is 1.13. The standard InChI is InChI=1S/C16H26N2O3S/c1-12-8-9-13(10-14(12)22(20,21)17(5)6)15(19)18(7)11-16(2,3)4/h8-10H,11H2,1-7H3. The summed E-state index contributed by atoms with van der Waals surface area (Å²) in [5.74, 6) is -0.176. The van der Waals surface area contributed by atoms with E-state index in [1.54, 1.807) is 31.0 Å². The van der Waals surface area contributed by atoms with Crippen LogP contribution in [-0.4, -0.2) is 51.2 Å². The summed E-state index contributed by atoms with van der Waals surface area (Å²) in [6.45, 7) is 8.47. The monoisotopic (exact) mass is 326 g/mol. The van der Waals surface area contributed by atoms with Gasteiger partial charge in [-0.15, -0.1) is 0 Å². The molecule has 0 atom stereocenters. The third kappa shape index (κ3) is 4.30. The molecular formula is C16H26N2O3S. The van der Waals surface area contributed by atoms with Crippen molar-refractivity contribution in [2.75, 3.05) is 27.7 Å². The van der Waals surface area contributed by atoms with Crippen molar-refractivity contribution < 1.29 is 13.2 Å². The summed E-state index contributed by atoms with van der Waals surface area (Å²) in [4.78, 5) is 14.3. The lowest BCUT2D eigenvalue weighted by Crippen LogP contribution is -2.34. The summed E-state index contributed by atoms with van der Waals surface area (Å²) in [5, 5.41) is 0. The van der Waals surface area contributed by atoms with Gasteiger partial charge in [0.15, 0.2) is 0 Å². The van der Waals surface area contributed by atoms with Crippen LogP contribution in [0.2, 0.25) is 0 Å². The van der Waals surface area contributed by atoms with Crippen LogP contribution in [0.5, 0.6) is 0 Å². The molecule has 1 aromatic rings. The fraction of sp³-hybridized carbons (Fsp3) is 0.562. The van der Waals surface area contributed by atoms with Crippen LogP contribution in [-0.2, 0) is 10.0 Å². The fourth-order valence-electron chi connectivity index (χ4n) is 2.21. The van der Waals surface area contributed by atoms with Gasteiger partial charge in [0.05, 0.1) is 4.90 Å². The number of hydrogen-bond donors (Lipinski definition) is 0. The Hall–Kier alpha value is -1.40. The van der Waals surface area contributed by atoms with Crippen LogP contribution in [0, 0.1) is 12.3 Å². The SMILES string of the molecule is Cc1ccc(C(=O)N(C)CC(C)(C)C)cc1S(=O)(=O)N(C)C. The maximum Gasteiger partial charge on any atom is 0.253 e. The van der Waals surface area contributed by atoms with E-state index in [2.05, 4.69) is 0 Å². The molecular weight excluding hydrogens is 300 g/mol. The molecule has 22 heavy (non-hydrogen) atoms. The maximum atomic E-state index is 12.5. The molecule has 1 aromatic carbocycles. The van der Waals surface area contributed by atoms with Crippen LogP contribution in [0.3, 0.4) is 0 Å². The van der Waals surface area contributed by atoms with E-state index in [9.17, 15) is 13.2 Å². The summed E-state index contributed by atoms with van der Waals surface area (Å²) in [6.07, 6.45) is 0. The van der Waals surface area contributed by atoms with Crippen molar-refractivity contribution in [3.05, 3.63) is 29.3 Å². The number of aryl methyl sites for hydroxylation is 1. The molecule has 0 fully saturated rings. The summed E-state index contributed by atoms with van der Waals surface area (Å²) < 4.78 is 25.8. The molecule has 1 amide bonds. The average Bonchev–Trinajstić information content (AvgIpc) is 2.36. The molecule has 0 aliphatic heterocycles. The quantitative estimate of drug-likeness (QED) is 0.853. The molecule has 1 rings (SSSR count). The zero-order valence-electron chi connectivity index (χ0n) is 14.5. The van der Waals surface area contributed by atoms with Crippen molar-refractivity contribution in [2.24, 2.45) is 5.41 Å². The van der Waals surface area contributed by atoms with E-state index in [1.165, 1.54) is 20.2 Å². The van der Waals surface area contributed by atoms with E-state index < -0.39 is 10.0 Å². The Morgan fingerprint density at radius 2 is 1.68 bits per heavy atom. The molecule has 0 radical (unpaired) electrons. The molecule has 0 N–H and O–H groups in total. The van der Waals surface area contributed by atoms with Crippen LogP contribution < -0.4 is 0 Å². The van der Waals surface area contributed by atoms with Gasteiger partial charge in [-0.2, -0.15) is 0 Å². The maximum absolute atomic E-state index is 12.5. The van der Waals surface area contributed by atoms with Gasteiger partial charge >= 0.3 is 0 Å². The van der Waals surface area contributed by atoms with Gasteiger partial charge in [-0.1, -0.05) is 26.8 Å². The van der Waals surface area contributed by atoms with Gasteiger partial charge in [-0.05, 0) is 30.0 Å². The lowest BCUT2D eigenvalue weighted by Gasteiger charge is -2.27. The van der Waals surface area contributed by atoms with Gasteiger partial charge in [0.25, 0.3) is 5.91 Å². The zero-order valence-corrected chi connectivity index (χ0v) is 15.3. The van der Waals surface area contributed by atoms with E-state index >= 15 is 0 Å². The highest BCUT2D eigenvalue weighted by Crippen LogP contribution is 2.21. The second-order valence-corrected chi connectivity index (χ2v) is 9.11. The summed E-state index contributed by atoms with van der Waals surface area (Å²) in [6, 6.07) is 4.81. The molecule has 0 spiro atoms. The minimum absolute atomic E-state index is 0.0202. The minimum Gasteiger partial charge on any atom is -0.341 e. The van der Waals surface area contributed by atoms with Crippen molar-refractivity contribution in [3.63, 3.8) is 0 Å². The fourth-order valence-corrected chi connectivity index (χ4v) is 3.36. The lowest BCUT2D eigenvalue weighted by atomic mass is 9.96. The van der Waals surface area contributed by atoms with Gasteiger partial charge in [0.1, 0.15) is 0 Å². The second kappa shape index (κ2) is 6.38. The van der Waals surface area contributed by atoms with Gasteiger partial charge in [0.2, 0.25) is 10.0 Å². The van der Waals surface area contributed by atoms with Crippen LogP contribution in [0.4, 0.5) is 0 Å². The Morgan fingerprint density at radius 3 is 2.14 bits per heavy atom. The smallest absolute Gasteiger partial charge is 0.253 e. The highest BCUT2D eigenvalue weighted by atomic mass is 32.2. The Kier molecular flexibility index (Phi) is 5.41. The van der Waals surface area contributed by atoms with Crippen molar-refractivity contribution in [2.45, 2.75) is 32.6 Å². The van der Waals surface area contributed by atoms with Crippen molar-refractivity contribution in [1.82, 2.24) is 9.21 Å². The topological polar surface area (TPSA) is 57.7 Å². The first kappa shape index (κ1) is 18.6. The molecule has 0 heterocycles. The van der Waals surface area contributed by atoms with Crippen LogP contribution in [0.25, 0.3) is 0 Å². The molecule has 0 aliphatic carbocycles. The van der Waals surface area contributed by atoms with E-state index in [4.69, 9.17) is 0 Å². The summed E-state index contributed by atoms with van der Waals surface area (Å²) >= 11 is 0. The van der Waals surface area contributed by atoms with E-state index in [0.29, 0.717) is 17.7 Å². The molecule has 0 unspecified atom stereocenters. The number of benzene rings is 1. The average molecular weight is 326 g/mol. The molecule has 6 heteroatoms. The highest BCUT2D eigenvalue weighted by molar-refractivity contribution is 7.89. The first-order valence-electron chi connectivity index (χ1n) is 7.15. The summed E-state index contributed by atoms with van der Waals surface area (Å²) in [5.41, 5.74) is 0.995. The first-order chi connectivity index (χ1) is 9.86. The van der Waals surface area contributed by atoms with Gasteiger partial charge in [0, 0.05) is 33.3 Å². The number of amides is 1. The predicted octanol–water partition coefficient (Wildman–Crippen LogP) is 2.36. The predicted molar refractivity (Wildman–Crippen MR) is 88.5 cm³/mol. The van der Waals surface area contributed by atoms with E-state index in [-0.39, 0.29) is 16.2 Å². The number of sulfonamides is 1. The van der Waals surface area contributed by atoms with Gasteiger partial charge in [-0.25, -0.2) is 12.7 Å². The Morgan fingerprint density at radius 1 is 1.14 bits per heavy atom. The molecule has 0 aliphatic rings. The number of rotatable bonds is 4. The molecule has 0 aromatic heterocycles. The van der Waals surface area contributed by atoms with Gasteiger partial charge in [-0.3, -0.25) is 4.79 Å². The van der Waals surface area contributed by atoms with Gasteiger partial charge < -0.3 is 4.90 Å². The minimum atomic E-state index is -3.56. The Balaban J connectivity index is 3.22. The Labute approximate surface area is 134 Å². The van der Waals surface area contributed by atoms with Crippen LogP contribution >= 0.6 is 0 Å². The second-order valence-electron chi connectivity index (χ2n) is 6.99. The number of carbonyl (C=O) groups is 1. The molecule has 5 nitrogen and oxygen atoms in total. The zero-order chi connectivity index (χ0) is 17.3. The normalized spacial score (nSPS) is 12.5. The number of carbonyl (C=O) groups excluding carboxylic acids is 1. The third-order valence-corrected chi connectivity index (χ3v) is 5.21. The van der Waals surface area contributed by atoms with Crippen molar-refractivity contribution in [3.8, 4) is 0 Å². The lowest BCUT2D eigenvalue weighted by molar-refractivity contribution is 0.0745. The van der Waals surface area contributed by atoms with E-state index in [1.807, 2.05) is 20.8 Å². The largest absolute Gasteiger partial charge is 0.341 e. The van der Waals surface area contributed by atoms with Crippen LogP contribution in [0.1, 0.15) is 36.7 Å². The van der Waals surface area contributed by atoms with Crippen LogP contribution in [0.15, 0.2) is 23.1 Å². The Bertz CT molecular complexity index is 658. The molecule has 0 saturated carbocycles. The molecule has 0 saturated heterocycles. The molecule has 124 valence electrons. The number of hydrogen-bond acceptors (Lipinski definition) is 3. The third-order valence-electron chi connectivity index (χ3n) is 3.25. The van der Waals surface area contributed by atoms with E-state index in [0.717, 1.165) is 4.31 Å². The molecule has 0 bridgehead atoms.